The Balaban J connectivity index is 2.30. The maximum Gasteiger partial charge on any atom is 0.000788 e. The normalized spacial score (nSPS) is 27.8. The fourth-order valence-corrected chi connectivity index (χ4v) is 3.55. The minimum Gasteiger partial charge on any atom is -0.320 e. The van der Waals surface area contributed by atoms with Gasteiger partial charge in [0.2, 0.25) is 0 Å². The Labute approximate surface area is 106 Å². The van der Waals surface area contributed by atoms with Crippen LogP contribution in [-0.4, -0.2) is 13.6 Å². The van der Waals surface area contributed by atoms with E-state index in [1.54, 1.807) is 11.1 Å². The number of nitrogens with one attached hydrogen (secondary N) is 1. The van der Waals surface area contributed by atoms with Gasteiger partial charge in [-0.3, -0.25) is 0 Å². The molecule has 1 atom stereocenters. The fraction of sp³-hybridized carbons (Fsp3) is 0.625. The van der Waals surface area contributed by atoms with Gasteiger partial charge in [-0.2, -0.15) is 0 Å². The van der Waals surface area contributed by atoms with E-state index in [1.807, 2.05) is 0 Å². The van der Waals surface area contributed by atoms with Crippen LogP contribution >= 0.6 is 0 Å². The van der Waals surface area contributed by atoms with Gasteiger partial charge in [0, 0.05) is 5.41 Å². The van der Waals surface area contributed by atoms with Gasteiger partial charge in [0.05, 0.1) is 0 Å². The van der Waals surface area contributed by atoms with Crippen molar-refractivity contribution in [3.8, 4) is 0 Å². The third-order valence-electron chi connectivity index (χ3n) is 4.30. The van der Waals surface area contributed by atoms with Crippen molar-refractivity contribution in [1.29, 1.82) is 0 Å². The molecule has 0 aromatic carbocycles. The van der Waals surface area contributed by atoms with Crippen molar-refractivity contribution >= 4 is 0 Å². The second-order valence-corrected chi connectivity index (χ2v) is 5.50. The Morgan fingerprint density at radius 1 is 1.41 bits per heavy atom. The Hall–Kier alpha value is -0.820. The number of rotatable bonds is 5. The van der Waals surface area contributed by atoms with Gasteiger partial charge in [-0.15, -0.1) is 0 Å². The summed E-state index contributed by atoms with van der Waals surface area (Å²) >= 11 is 0. The van der Waals surface area contributed by atoms with Crippen molar-refractivity contribution in [2.24, 2.45) is 5.41 Å². The second-order valence-electron chi connectivity index (χ2n) is 5.50. The van der Waals surface area contributed by atoms with Crippen LogP contribution in [0.2, 0.25) is 0 Å². The molecule has 0 fully saturated rings. The summed E-state index contributed by atoms with van der Waals surface area (Å²) in [5.74, 6) is 0. The smallest absolute Gasteiger partial charge is 0.000788 e. The molecular weight excluding hydrogens is 206 g/mol. The molecule has 0 aliphatic heterocycles. The zero-order valence-electron chi connectivity index (χ0n) is 11.3. The lowest BCUT2D eigenvalue weighted by Crippen LogP contribution is -2.25. The number of hydrogen-bond donors (Lipinski definition) is 1. The van der Waals surface area contributed by atoms with E-state index >= 15 is 0 Å². The molecular formula is C16H25N. The summed E-state index contributed by atoms with van der Waals surface area (Å²) in [4.78, 5) is 0. The molecule has 0 radical (unpaired) electrons. The lowest BCUT2D eigenvalue weighted by molar-refractivity contribution is 0.312. The Bertz CT molecular complexity index is 362. The predicted molar refractivity (Wildman–Crippen MR) is 75.0 cm³/mol. The topological polar surface area (TPSA) is 12.0 Å². The average molecular weight is 231 g/mol. The van der Waals surface area contributed by atoms with Crippen LogP contribution in [0.5, 0.6) is 0 Å². The molecule has 1 unspecified atom stereocenters. The third kappa shape index (κ3) is 2.26. The minimum absolute atomic E-state index is 0.390. The summed E-state index contributed by atoms with van der Waals surface area (Å²) in [5, 5.41) is 3.31. The molecule has 2 rings (SSSR count). The molecule has 2 aliphatic rings. The Morgan fingerprint density at radius 2 is 2.24 bits per heavy atom. The maximum absolute atomic E-state index is 4.31. The zero-order chi connectivity index (χ0) is 12.3. The first-order valence-electron chi connectivity index (χ1n) is 6.96. The highest BCUT2D eigenvalue weighted by atomic mass is 14.8. The van der Waals surface area contributed by atoms with Gasteiger partial charge in [-0.25, -0.2) is 0 Å². The number of hydrogen-bond acceptors (Lipinski definition) is 1. The van der Waals surface area contributed by atoms with Crippen molar-refractivity contribution in [3.63, 3.8) is 0 Å². The molecule has 2 aliphatic carbocycles. The van der Waals surface area contributed by atoms with Crippen LogP contribution in [0, 0.1) is 5.41 Å². The molecule has 0 amide bonds. The van der Waals surface area contributed by atoms with Crippen LogP contribution in [-0.2, 0) is 0 Å². The summed E-state index contributed by atoms with van der Waals surface area (Å²) < 4.78 is 0. The Kier molecular flexibility index (Phi) is 3.88. The average Bonchev–Trinajstić information content (AvgIpc) is 2.62. The molecule has 0 saturated heterocycles. The largest absolute Gasteiger partial charge is 0.320 e. The lowest BCUT2D eigenvalue weighted by Gasteiger charge is -2.32. The summed E-state index contributed by atoms with van der Waals surface area (Å²) in [6.45, 7) is 7.72. The molecule has 1 nitrogen and oxygen atoms in total. The van der Waals surface area contributed by atoms with Crippen molar-refractivity contribution in [3.05, 3.63) is 35.5 Å². The van der Waals surface area contributed by atoms with Gasteiger partial charge < -0.3 is 5.32 Å². The van der Waals surface area contributed by atoms with Crippen LogP contribution < -0.4 is 5.32 Å². The van der Waals surface area contributed by atoms with E-state index in [-0.39, 0.29) is 0 Å². The number of allylic oxidation sites excluding steroid dienone is 5. The standard InChI is InChI=1S/C16H25N/c1-4-9-16(10-11-17-3)12-13(2)14-7-5-6-8-15(14)16/h6,8,17H,2,4-5,7,9-12H2,1,3H3. The molecule has 0 saturated carbocycles. The van der Waals surface area contributed by atoms with Crippen LogP contribution in [0.1, 0.15) is 45.4 Å². The second kappa shape index (κ2) is 5.22. The van der Waals surface area contributed by atoms with Gasteiger partial charge in [-0.1, -0.05) is 37.6 Å². The van der Waals surface area contributed by atoms with Crippen molar-refractivity contribution in [2.75, 3.05) is 13.6 Å². The predicted octanol–water partition coefficient (Wildman–Crippen LogP) is 3.99. The third-order valence-corrected chi connectivity index (χ3v) is 4.30. The maximum atomic E-state index is 4.31. The molecule has 17 heavy (non-hydrogen) atoms. The van der Waals surface area contributed by atoms with Crippen molar-refractivity contribution in [2.45, 2.75) is 45.4 Å². The van der Waals surface area contributed by atoms with Gasteiger partial charge >= 0.3 is 0 Å². The van der Waals surface area contributed by atoms with E-state index in [0.29, 0.717) is 5.41 Å². The highest BCUT2D eigenvalue weighted by molar-refractivity contribution is 5.51. The van der Waals surface area contributed by atoms with E-state index in [2.05, 4.69) is 38.0 Å². The molecule has 0 aromatic heterocycles. The first-order valence-corrected chi connectivity index (χ1v) is 6.96. The fourth-order valence-electron chi connectivity index (χ4n) is 3.55. The molecule has 0 heterocycles. The Morgan fingerprint density at radius 3 is 2.94 bits per heavy atom. The van der Waals surface area contributed by atoms with Crippen molar-refractivity contribution < 1.29 is 0 Å². The molecule has 0 bridgehead atoms. The molecule has 94 valence electrons. The van der Waals surface area contributed by atoms with E-state index in [9.17, 15) is 0 Å². The van der Waals surface area contributed by atoms with E-state index < -0.39 is 0 Å². The summed E-state index contributed by atoms with van der Waals surface area (Å²) in [7, 11) is 2.05. The van der Waals surface area contributed by atoms with Gasteiger partial charge in [0.15, 0.2) is 0 Å². The molecule has 0 aromatic rings. The van der Waals surface area contributed by atoms with E-state index in [0.717, 1.165) is 6.54 Å². The van der Waals surface area contributed by atoms with Crippen LogP contribution in [0.4, 0.5) is 0 Å². The van der Waals surface area contributed by atoms with Crippen LogP contribution in [0.3, 0.4) is 0 Å². The van der Waals surface area contributed by atoms with E-state index in [1.165, 1.54) is 44.1 Å². The lowest BCUT2D eigenvalue weighted by atomic mass is 9.73. The van der Waals surface area contributed by atoms with Gasteiger partial charge in [0.1, 0.15) is 0 Å². The first kappa shape index (κ1) is 12.6. The summed E-state index contributed by atoms with van der Waals surface area (Å²) in [6.07, 6.45) is 12.2. The van der Waals surface area contributed by atoms with Gasteiger partial charge in [0.25, 0.3) is 0 Å². The van der Waals surface area contributed by atoms with E-state index in [4.69, 9.17) is 0 Å². The van der Waals surface area contributed by atoms with Crippen LogP contribution in [0.15, 0.2) is 35.5 Å². The quantitative estimate of drug-likeness (QED) is 0.754. The molecule has 1 N–H and O–H groups in total. The molecule has 0 spiro atoms. The first-order chi connectivity index (χ1) is 8.23. The van der Waals surface area contributed by atoms with Crippen LogP contribution in [0.25, 0.3) is 0 Å². The van der Waals surface area contributed by atoms with Crippen molar-refractivity contribution in [1.82, 2.24) is 5.32 Å². The minimum atomic E-state index is 0.390. The van der Waals surface area contributed by atoms with Gasteiger partial charge in [-0.05, 0) is 56.8 Å². The summed E-state index contributed by atoms with van der Waals surface area (Å²) in [5.41, 5.74) is 5.00. The highest BCUT2D eigenvalue weighted by Crippen LogP contribution is 2.53. The zero-order valence-corrected chi connectivity index (χ0v) is 11.3. The monoisotopic (exact) mass is 231 g/mol. The highest BCUT2D eigenvalue weighted by Gasteiger charge is 2.40. The molecule has 1 heteroatoms. The SMILES string of the molecule is C=C1CC(CCC)(CCNC)C2=C1CCC=C2. The summed E-state index contributed by atoms with van der Waals surface area (Å²) in [6, 6.07) is 0.